The Labute approximate surface area is 84.6 Å². The highest BCUT2D eigenvalue weighted by molar-refractivity contribution is 7.09. The summed E-state index contributed by atoms with van der Waals surface area (Å²) in [6, 6.07) is 4.82. The highest BCUT2D eigenvalue weighted by atomic mass is 32.1. The van der Waals surface area contributed by atoms with Crippen molar-refractivity contribution >= 4 is 17.5 Å². The van der Waals surface area contributed by atoms with E-state index in [1.807, 2.05) is 0 Å². The first-order valence-corrected chi connectivity index (χ1v) is 4.80. The molecule has 3 nitrogen and oxygen atoms in total. The number of nitrogens with two attached hydrogens (primary N) is 1. The molecule has 0 saturated carbocycles. The SMILES string of the molecule is Cc1cc(-c2nc(N)ns2)ccc1F. The second-order valence-electron chi connectivity index (χ2n) is 2.92. The monoisotopic (exact) mass is 209 g/mol. The molecular weight excluding hydrogens is 201 g/mol. The van der Waals surface area contributed by atoms with Gasteiger partial charge in [-0.1, -0.05) is 0 Å². The maximum absolute atomic E-state index is 13.0. The Hall–Kier alpha value is -1.49. The molecule has 14 heavy (non-hydrogen) atoms. The Bertz CT molecular complexity index is 467. The van der Waals surface area contributed by atoms with Crippen LogP contribution < -0.4 is 5.73 Å². The van der Waals surface area contributed by atoms with Crippen LogP contribution in [-0.2, 0) is 0 Å². The molecule has 0 amide bonds. The van der Waals surface area contributed by atoms with Gasteiger partial charge >= 0.3 is 0 Å². The van der Waals surface area contributed by atoms with E-state index in [-0.39, 0.29) is 11.8 Å². The van der Waals surface area contributed by atoms with E-state index in [1.54, 1.807) is 19.1 Å². The van der Waals surface area contributed by atoms with Crippen LogP contribution in [0.3, 0.4) is 0 Å². The second kappa shape index (κ2) is 3.34. The van der Waals surface area contributed by atoms with E-state index in [4.69, 9.17) is 5.73 Å². The van der Waals surface area contributed by atoms with E-state index < -0.39 is 0 Å². The summed E-state index contributed by atoms with van der Waals surface area (Å²) in [5.74, 6) is 0.0400. The van der Waals surface area contributed by atoms with Crippen LogP contribution >= 0.6 is 11.5 Å². The summed E-state index contributed by atoms with van der Waals surface area (Å²) < 4.78 is 16.8. The standard InChI is InChI=1S/C9H8FN3S/c1-5-4-6(2-3-7(5)10)8-12-9(11)13-14-8/h2-4H,1H3,(H2,11,13). The van der Waals surface area contributed by atoms with Crippen LogP contribution in [0.1, 0.15) is 5.56 Å². The number of aromatic nitrogens is 2. The summed E-state index contributed by atoms with van der Waals surface area (Å²) in [7, 11) is 0. The largest absolute Gasteiger partial charge is 0.367 e. The molecule has 2 rings (SSSR count). The molecule has 2 N–H and O–H groups in total. The summed E-state index contributed by atoms with van der Waals surface area (Å²) >= 11 is 1.21. The number of rotatable bonds is 1. The number of nitrogens with zero attached hydrogens (tertiary/aromatic N) is 2. The Balaban J connectivity index is 2.47. The van der Waals surface area contributed by atoms with E-state index in [1.165, 1.54) is 17.6 Å². The van der Waals surface area contributed by atoms with Crippen LogP contribution in [0.25, 0.3) is 10.6 Å². The van der Waals surface area contributed by atoms with Gasteiger partial charge in [-0.3, -0.25) is 0 Å². The van der Waals surface area contributed by atoms with Crippen LogP contribution in [-0.4, -0.2) is 9.36 Å². The van der Waals surface area contributed by atoms with Gasteiger partial charge < -0.3 is 5.73 Å². The molecular formula is C9H8FN3S. The van der Waals surface area contributed by atoms with Gasteiger partial charge in [0, 0.05) is 5.56 Å². The zero-order chi connectivity index (χ0) is 10.1. The van der Waals surface area contributed by atoms with E-state index >= 15 is 0 Å². The minimum absolute atomic E-state index is 0.216. The highest BCUT2D eigenvalue weighted by Gasteiger charge is 2.05. The van der Waals surface area contributed by atoms with E-state index in [0.717, 1.165) is 5.56 Å². The highest BCUT2D eigenvalue weighted by Crippen LogP contribution is 2.23. The van der Waals surface area contributed by atoms with Crippen molar-refractivity contribution in [2.75, 3.05) is 5.73 Å². The predicted molar refractivity (Wildman–Crippen MR) is 54.5 cm³/mol. The van der Waals surface area contributed by atoms with Gasteiger partial charge in [0.25, 0.3) is 0 Å². The summed E-state index contributed by atoms with van der Waals surface area (Å²) in [5.41, 5.74) is 6.84. The van der Waals surface area contributed by atoms with Gasteiger partial charge in [0.05, 0.1) is 0 Å². The maximum atomic E-state index is 13.0. The number of hydrogen-bond acceptors (Lipinski definition) is 4. The lowest BCUT2D eigenvalue weighted by Gasteiger charge is -1.98. The van der Waals surface area contributed by atoms with Gasteiger partial charge in [-0.05, 0) is 42.2 Å². The van der Waals surface area contributed by atoms with Gasteiger partial charge in [0.1, 0.15) is 10.8 Å². The van der Waals surface area contributed by atoms with Crippen LogP contribution in [0, 0.1) is 12.7 Å². The Morgan fingerprint density at radius 3 is 2.79 bits per heavy atom. The van der Waals surface area contributed by atoms with Crippen molar-refractivity contribution in [3.05, 3.63) is 29.6 Å². The van der Waals surface area contributed by atoms with Crippen LogP contribution in [0.4, 0.5) is 10.3 Å². The quantitative estimate of drug-likeness (QED) is 0.783. The molecule has 0 unspecified atom stereocenters. The third-order valence-electron chi connectivity index (χ3n) is 1.85. The summed E-state index contributed by atoms with van der Waals surface area (Å²) in [6.07, 6.45) is 0. The van der Waals surface area contributed by atoms with Crippen molar-refractivity contribution in [1.29, 1.82) is 0 Å². The fourth-order valence-corrected chi connectivity index (χ4v) is 1.72. The third kappa shape index (κ3) is 1.58. The van der Waals surface area contributed by atoms with Crippen molar-refractivity contribution in [3.63, 3.8) is 0 Å². The molecule has 0 spiro atoms. The van der Waals surface area contributed by atoms with Crippen molar-refractivity contribution in [2.45, 2.75) is 6.92 Å². The maximum Gasteiger partial charge on any atom is 0.232 e. The molecule has 0 saturated heterocycles. The first-order chi connectivity index (χ1) is 6.66. The fraction of sp³-hybridized carbons (Fsp3) is 0.111. The molecule has 0 bridgehead atoms. The van der Waals surface area contributed by atoms with E-state index in [2.05, 4.69) is 9.36 Å². The average Bonchev–Trinajstić information content (AvgIpc) is 2.57. The summed E-state index contributed by atoms with van der Waals surface area (Å²) in [6.45, 7) is 1.71. The van der Waals surface area contributed by atoms with Gasteiger partial charge in [0.15, 0.2) is 0 Å². The number of hydrogen-bond donors (Lipinski definition) is 1. The minimum Gasteiger partial charge on any atom is -0.367 e. The lowest BCUT2D eigenvalue weighted by Crippen LogP contribution is -1.87. The zero-order valence-corrected chi connectivity index (χ0v) is 8.31. The van der Waals surface area contributed by atoms with Crippen molar-refractivity contribution in [3.8, 4) is 10.6 Å². The van der Waals surface area contributed by atoms with Gasteiger partial charge in [-0.2, -0.15) is 9.36 Å². The van der Waals surface area contributed by atoms with Crippen LogP contribution in [0.15, 0.2) is 18.2 Å². The Morgan fingerprint density at radius 2 is 2.21 bits per heavy atom. The zero-order valence-electron chi connectivity index (χ0n) is 7.49. The second-order valence-corrected chi connectivity index (χ2v) is 3.67. The normalized spacial score (nSPS) is 10.4. The lowest BCUT2D eigenvalue weighted by atomic mass is 10.1. The average molecular weight is 209 g/mol. The minimum atomic E-state index is -0.216. The van der Waals surface area contributed by atoms with Gasteiger partial charge in [-0.15, -0.1) is 0 Å². The molecule has 1 aromatic carbocycles. The molecule has 0 aliphatic rings. The molecule has 0 radical (unpaired) electrons. The van der Waals surface area contributed by atoms with Crippen LogP contribution in [0.5, 0.6) is 0 Å². The van der Waals surface area contributed by atoms with E-state index in [9.17, 15) is 4.39 Å². The van der Waals surface area contributed by atoms with Crippen molar-refractivity contribution in [2.24, 2.45) is 0 Å². The molecule has 0 fully saturated rings. The summed E-state index contributed by atoms with van der Waals surface area (Å²) in [5, 5.41) is 0.714. The molecule has 0 aliphatic heterocycles. The molecule has 0 aliphatic carbocycles. The fourth-order valence-electron chi connectivity index (χ4n) is 1.13. The Kier molecular flexibility index (Phi) is 2.17. The topological polar surface area (TPSA) is 51.8 Å². The molecule has 0 atom stereocenters. The predicted octanol–water partition coefficient (Wildman–Crippen LogP) is 2.23. The molecule has 72 valence electrons. The molecule has 1 heterocycles. The summed E-state index contributed by atoms with van der Waals surface area (Å²) in [4.78, 5) is 4.01. The number of halogens is 1. The molecule has 2 aromatic rings. The van der Waals surface area contributed by atoms with Gasteiger partial charge in [-0.25, -0.2) is 4.39 Å². The lowest BCUT2D eigenvalue weighted by molar-refractivity contribution is 0.619. The number of nitrogen functional groups attached to an aromatic ring is 1. The number of aryl methyl sites for hydroxylation is 1. The first-order valence-electron chi connectivity index (χ1n) is 4.02. The Morgan fingerprint density at radius 1 is 1.43 bits per heavy atom. The smallest absolute Gasteiger partial charge is 0.232 e. The van der Waals surface area contributed by atoms with Crippen molar-refractivity contribution < 1.29 is 4.39 Å². The number of benzene rings is 1. The van der Waals surface area contributed by atoms with E-state index in [0.29, 0.717) is 10.6 Å². The number of anilines is 1. The van der Waals surface area contributed by atoms with Crippen LogP contribution in [0.2, 0.25) is 0 Å². The third-order valence-corrected chi connectivity index (χ3v) is 2.62. The molecule has 1 aromatic heterocycles. The molecule has 5 heteroatoms. The first kappa shape index (κ1) is 9.08. The van der Waals surface area contributed by atoms with Crippen molar-refractivity contribution in [1.82, 2.24) is 9.36 Å². The van der Waals surface area contributed by atoms with Gasteiger partial charge in [0.2, 0.25) is 5.95 Å².